The molecule has 0 saturated carbocycles. The minimum Gasteiger partial charge on any atom is -0.496 e. The van der Waals surface area contributed by atoms with E-state index in [1.54, 1.807) is 74.3 Å². The number of hydrogen-bond acceptors (Lipinski definition) is 26. The summed E-state index contributed by atoms with van der Waals surface area (Å²) in [5.41, 5.74) is 2.20. The van der Waals surface area contributed by atoms with E-state index in [2.05, 4.69) is 28.9 Å². The third-order valence-electron chi connectivity index (χ3n) is 19.9. The fourth-order valence-electron chi connectivity index (χ4n) is 12.0. The average molecular weight is 1900 g/mol. The van der Waals surface area contributed by atoms with Gasteiger partial charge in [0, 0.05) is 126 Å². The molecule has 20 nitrogen and oxygen atoms in total. The SMILES string of the molecule is C.CCc1cc2sc(C(=O)C[C@H](C)C(C)=O)cc2cc1OC.COc1cc2cc(C(=O)CCC(C)=O)sc2cc1Cl.COc1cc2cc(C(=O)C[C@H](C)C(C)=O)sc2cc1C.COc1cc2sc(C(=O)CCC(C)=O)cc2c(F)c1OC.COc1cc2sc(C(=O)C[C@H](C)C(C)=O)cc2c(F)c1OC.COc1cc2sc(C(=O)C[C@H](C)C(C)=O)cc2cc1Br. The number of ether oxygens (including phenoxy) is 8. The molecule has 30 heteroatoms. The van der Waals surface area contributed by atoms with E-state index < -0.39 is 11.6 Å². The molecule has 0 bridgehead atoms. The van der Waals surface area contributed by atoms with Crippen molar-refractivity contribution >= 4 is 225 Å². The van der Waals surface area contributed by atoms with Crippen LogP contribution in [0.3, 0.4) is 0 Å². The highest BCUT2D eigenvalue weighted by Crippen LogP contribution is 2.44. The Kier molecular flexibility index (Phi) is 39.4. The fourth-order valence-corrected chi connectivity index (χ4v) is 19.1. The van der Waals surface area contributed by atoms with Crippen molar-refractivity contribution in [2.75, 3.05) is 56.9 Å². The maximum atomic E-state index is 14.4. The summed E-state index contributed by atoms with van der Waals surface area (Å²) in [5, 5.41) is 5.13. The Morgan fingerprint density at radius 2 is 0.637 bits per heavy atom. The monoisotopic (exact) mass is 1890 g/mol. The molecule has 0 N–H and O–H groups in total. The van der Waals surface area contributed by atoms with Crippen LogP contribution >= 0.6 is 95.6 Å². The number of fused-ring (bicyclic) bond motifs is 6. The van der Waals surface area contributed by atoms with E-state index >= 15 is 0 Å². The molecule has 6 heterocycles. The number of hydrogen-bond donors (Lipinski definition) is 0. The van der Waals surface area contributed by atoms with Crippen molar-refractivity contribution in [3.8, 4) is 46.0 Å². The summed E-state index contributed by atoms with van der Waals surface area (Å²) >= 11 is 17.6. The van der Waals surface area contributed by atoms with Crippen LogP contribution in [0.25, 0.3) is 60.5 Å². The lowest BCUT2D eigenvalue weighted by Gasteiger charge is -2.08. The molecular weight excluding hydrogens is 1790 g/mol. The normalized spacial score (nSPS) is 11.7. The first kappa shape index (κ1) is 103. The summed E-state index contributed by atoms with van der Waals surface area (Å²) in [6, 6.07) is 29.3. The third-order valence-corrected chi connectivity index (χ3v) is 27.6. The van der Waals surface area contributed by atoms with Gasteiger partial charge in [-0.2, -0.15) is 0 Å². The van der Waals surface area contributed by atoms with Crippen LogP contribution in [0.5, 0.6) is 46.0 Å². The van der Waals surface area contributed by atoms with Gasteiger partial charge in [0.2, 0.25) is 0 Å². The zero-order chi connectivity index (χ0) is 91.3. The molecule has 0 aliphatic carbocycles. The highest BCUT2D eigenvalue weighted by atomic mass is 79.9. The Morgan fingerprint density at radius 1 is 0.347 bits per heavy atom. The van der Waals surface area contributed by atoms with Gasteiger partial charge in [0.1, 0.15) is 57.7 Å². The molecule has 0 amide bonds. The van der Waals surface area contributed by atoms with Crippen LogP contribution in [-0.2, 0) is 35.2 Å². The summed E-state index contributed by atoms with van der Waals surface area (Å²) in [7, 11) is 12.0. The van der Waals surface area contributed by atoms with Gasteiger partial charge < -0.3 is 47.5 Å². The van der Waals surface area contributed by atoms with E-state index in [1.807, 2.05) is 67.6 Å². The molecule has 6 aromatic heterocycles. The van der Waals surface area contributed by atoms with Crippen LogP contribution in [-0.4, -0.2) is 126 Å². The zero-order valence-corrected chi connectivity index (χ0v) is 79.3. The third kappa shape index (κ3) is 27.1. The number of carbonyl (C=O) groups excluding carboxylic acids is 12. The molecule has 662 valence electrons. The lowest BCUT2D eigenvalue weighted by atomic mass is 10.00. The number of aryl methyl sites for hydroxylation is 2. The lowest BCUT2D eigenvalue weighted by Crippen LogP contribution is -2.11. The second-order valence-corrected chi connectivity index (χ2v) is 36.9. The predicted octanol–water partition coefficient (Wildman–Crippen LogP) is 25.0. The van der Waals surface area contributed by atoms with Gasteiger partial charge in [0.25, 0.3) is 0 Å². The predicted molar refractivity (Wildman–Crippen MR) is 500 cm³/mol. The van der Waals surface area contributed by atoms with Crippen molar-refractivity contribution < 1.29 is 104 Å². The van der Waals surface area contributed by atoms with Crippen LogP contribution in [0.15, 0.2) is 102 Å². The van der Waals surface area contributed by atoms with Crippen molar-refractivity contribution in [2.45, 2.75) is 148 Å². The summed E-state index contributed by atoms with van der Waals surface area (Å²) < 4.78 is 76.2. The minimum atomic E-state index is -0.549. The van der Waals surface area contributed by atoms with Gasteiger partial charge in [0.05, 0.1) is 95.6 Å². The molecule has 0 aliphatic rings. The van der Waals surface area contributed by atoms with Crippen molar-refractivity contribution in [2.24, 2.45) is 23.7 Å². The van der Waals surface area contributed by atoms with Crippen molar-refractivity contribution in [3.05, 3.63) is 159 Å². The minimum absolute atomic E-state index is 0. The van der Waals surface area contributed by atoms with Gasteiger partial charge in [0.15, 0.2) is 69.3 Å². The zero-order valence-electron chi connectivity index (χ0n) is 72.0. The molecule has 0 fully saturated rings. The van der Waals surface area contributed by atoms with Crippen molar-refractivity contribution in [1.82, 2.24) is 0 Å². The molecule has 0 unspecified atom stereocenters. The van der Waals surface area contributed by atoms with E-state index in [1.165, 1.54) is 150 Å². The van der Waals surface area contributed by atoms with E-state index in [-0.39, 0.29) is 175 Å². The van der Waals surface area contributed by atoms with Gasteiger partial charge in [-0.05, 0) is 188 Å². The van der Waals surface area contributed by atoms with Crippen molar-refractivity contribution in [3.63, 3.8) is 0 Å². The topological polar surface area (TPSA) is 279 Å². The average Bonchev–Trinajstić information content (AvgIpc) is 1.63. The number of ketones is 12. The molecule has 4 atom stereocenters. The molecule has 6 aromatic carbocycles. The molecule has 0 saturated heterocycles. The number of methoxy groups -OCH3 is 8. The number of thiophene rings is 6. The van der Waals surface area contributed by atoms with Crippen LogP contribution in [0, 0.1) is 42.2 Å². The molecule has 0 aliphatic heterocycles. The Morgan fingerprint density at radius 3 is 0.976 bits per heavy atom. The maximum absolute atomic E-state index is 14.4. The van der Waals surface area contributed by atoms with Gasteiger partial charge in [-0.3, -0.25) is 47.9 Å². The molecule has 124 heavy (non-hydrogen) atoms. The van der Waals surface area contributed by atoms with E-state index in [0.717, 1.165) is 79.6 Å². The van der Waals surface area contributed by atoms with Gasteiger partial charge in [-0.25, -0.2) is 8.78 Å². The first-order chi connectivity index (χ1) is 58.2. The quantitative estimate of drug-likeness (QED) is 0.0345. The molecule has 0 radical (unpaired) electrons. The van der Waals surface area contributed by atoms with E-state index in [9.17, 15) is 66.3 Å². The highest BCUT2D eigenvalue weighted by molar-refractivity contribution is 9.10. The van der Waals surface area contributed by atoms with Crippen LogP contribution in [0.2, 0.25) is 5.02 Å². The molecule has 12 aromatic rings. The van der Waals surface area contributed by atoms with E-state index in [4.69, 9.17) is 49.5 Å². The Labute approximate surface area is 757 Å². The fraction of sp³-hybridized carbons (Fsp3) is 0.362. The smallest absolute Gasteiger partial charge is 0.197 e. The first-order valence-corrected chi connectivity index (χ1v) is 44.8. The van der Waals surface area contributed by atoms with Gasteiger partial charge >= 0.3 is 0 Å². The van der Waals surface area contributed by atoms with Crippen molar-refractivity contribution in [1.29, 1.82) is 0 Å². The second-order valence-electron chi connectivity index (χ2n) is 29.1. The second kappa shape index (κ2) is 47.5. The highest BCUT2D eigenvalue weighted by Gasteiger charge is 2.26. The van der Waals surface area contributed by atoms with Crippen LogP contribution < -0.4 is 37.9 Å². The maximum Gasteiger partial charge on any atom is 0.197 e. The van der Waals surface area contributed by atoms with E-state index in [0.29, 0.717) is 60.2 Å². The molecular formula is C94H102BrClF2O20S6. The standard InChI is InChI=1S/C17H20O3S.C16H17FO4S.C16H18O3S.C15H15BrO3S.C15H15FO4S.C14H13ClO3S.CH4/c1-5-12-8-16-13(7-15(12)20-4)9-17(21-16)14(19)6-10(2)11(3)18;1-8(9(2)18)5-11(19)14-6-10-13(22-14)7-12(20-3)16(21-4)15(10)17;1-9(11(3)17)5-13(18)16-8-12-7-14(19-4)10(2)6-15(12)20-16;1-8(9(2)17)4-12(18)15-6-10-5-11(16)13(19-3)7-14(10)20-15;1-8(17)4-5-10(18)13-6-9-12(21-13)7-11(19-2)15(20-3)14(9)16;1-8(16)3-4-11(17)14-6-9-5-12(18-2)10(15)7-13(9)19-14;/h7-10H,5-6H2,1-4H3;6-8H,5H2,1-4H3;6-9H,5H2,1-4H3;5-8H,4H2,1-3H3;6-7H,4-5H2,1-3H3;5-7H,3-4H2,1-2H3;1H4/t10-;8-;9-;8-;;;/m0000.../s1. The van der Waals surface area contributed by atoms with Crippen LogP contribution in [0.4, 0.5) is 8.78 Å². The summed E-state index contributed by atoms with van der Waals surface area (Å²) in [6.45, 7) is 20.1. The number of rotatable bonds is 33. The molecule has 0 spiro atoms. The number of benzene rings is 6. The van der Waals surface area contributed by atoms with Gasteiger partial charge in [-0.15, -0.1) is 68.0 Å². The summed E-state index contributed by atoms with van der Waals surface area (Å²) in [6.07, 6.45) is 2.71. The number of halogens is 4. The van der Waals surface area contributed by atoms with Gasteiger partial charge in [-0.1, -0.05) is 53.6 Å². The lowest BCUT2D eigenvalue weighted by molar-refractivity contribution is -0.120. The Hall–Kier alpha value is -9.85. The first-order valence-electron chi connectivity index (χ1n) is 38.8. The largest absolute Gasteiger partial charge is 0.496 e. The summed E-state index contributed by atoms with van der Waals surface area (Å²) in [4.78, 5) is 143. The Bertz CT molecular complexity index is 5820. The van der Waals surface area contributed by atoms with Crippen LogP contribution in [0.1, 0.15) is 204 Å². The summed E-state index contributed by atoms with van der Waals surface area (Å²) in [5.74, 6) is 1.38. The number of Topliss-reactive ketones (excluding diaryl/α,β-unsaturated/α-hetero) is 12. The number of carbonyl (C=O) groups is 12. The Balaban J connectivity index is 0.000000230. The molecule has 12 rings (SSSR count).